The van der Waals surface area contributed by atoms with Crippen molar-refractivity contribution in [3.63, 3.8) is 0 Å². The summed E-state index contributed by atoms with van der Waals surface area (Å²) in [4.78, 5) is 25.5. The van der Waals surface area contributed by atoms with Crippen LogP contribution in [0, 0.1) is 5.41 Å². The lowest BCUT2D eigenvalue weighted by Gasteiger charge is -2.25. The molecule has 2 amide bonds. The minimum Gasteiger partial charge on any atom is -0.447 e. The van der Waals surface area contributed by atoms with Gasteiger partial charge in [0.2, 0.25) is 5.91 Å². The van der Waals surface area contributed by atoms with Gasteiger partial charge in [-0.05, 0) is 24.5 Å². The van der Waals surface area contributed by atoms with Crippen LogP contribution in [0.4, 0.5) is 10.5 Å². The van der Waals surface area contributed by atoms with Gasteiger partial charge in [0.1, 0.15) is 6.61 Å². The lowest BCUT2D eigenvalue weighted by molar-refractivity contribution is -0.123. The smallest absolute Gasteiger partial charge is 0.414 e. The molecule has 4 aliphatic rings. The Morgan fingerprint density at radius 1 is 1.45 bits per heavy atom. The number of carbonyl (C=O) groups excluding carboxylic acids is 2. The molecule has 0 aromatic rings. The van der Waals surface area contributed by atoms with Gasteiger partial charge >= 0.3 is 6.09 Å². The molecule has 1 saturated heterocycles. The van der Waals surface area contributed by atoms with E-state index in [0.717, 1.165) is 18.5 Å². The molecule has 1 saturated carbocycles. The van der Waals surface area contributed by atoms with Gasteiger partial charge in [0.15, 0.2) is 0 Å². The third kappa shape index (κ3) is 2.12. The molecular weight excluding hydrogens is 280 g/mol. The first-order valence-electron chi connectivity index (χ1n) is 6.55. The lowest BCUT2D eigenvalue weighted by atomic mass is 9.90. The van der Waals surface area contributed by atoms with E-state index in [4.69, 9.17) is 16.5 Å². The molecule has 1 heterocycles. The number of carbonyl (C=O) groups is 2. The van der Waals surface area contributed by atoms with E-state index in [1.54, 1.807) is 4.90 Å². The van der Waals surface area contributed by atoms with Crippen LogP contribution in [0.5, 0.6) is 0 Å². The van der Waals surface area contributed by atoms with E-state index in [1.807, 2.05) is 25.1 Å². The van der Waals surface area contributed by atoms with Crippen LogP contribution in [0.15, 0.2) is 18.2 Å². The number of ether oxygens (including phenoxy) is 1. The summed E-state index contributed by atoms with van der Waals surface area (Å²) in [7, 11) is 0. The zero-order valence-corrected chi connectivity index (χ0v) is 11.9. The Morgan fingerprint density at radius 2 is 2.20 bits per heavy atom. The third-order valence-corrected chi connectivity index (χ3v) is 4.17. The van der Waals surface area contributed by atoms with E-state index in [1.165, 1.54) is 11.1 Å². The van der Waals surface area contributed by atoms with Gasteiger partial charge in [0.05, 0.1) is 12.2 Å². The van der Waals surface area contributed by atoms with E-state index >= 15 is 0 Å². The summed E-state index contributed by atoms with van der Waals surface area (Å²) < 4.78 is 4.83. The molecule has 0 aromatic heterocycles. The molecule has 20 heavy (non-hydrogen) atoms. The average Bonchev–Trinajstić information content (AvgIpc) is 3.04. The first-order chi connectivity index (χ1) is 9.55. The zero-order chi connectivity index (χ0) is 14.3. The van der Waals surface area contributed by atoms with Gasteiger partial charge in [-0.1, -0.05) is 19.1 Å². The van der Waals surface area contributed by atoms with E-state index in [2.05, 4.69) is 4.84 Å². The zero-order valence-electron chi connectivity index (χ0n) is 11.1. The predicted molar refractivity (Wildman–Crippen MR) is 75.5 cm³/mol. The molecule has 5 nitrogen and oxygen atoms in total. The Hall–Kier alpha value is -1.75. The highest BCUT2D eigenvalue weighted by atomic mass is 35.5. The maximum atomic E-state index is 11.1. The Morgan fingerprint density at radius 3 is 2.50 bits per heavy atom. The molecule has 2 fully saturated rings. The second-order valence-corrected chi connectivity index (χ2v) is 5.67. The minimum absolute atomic E-state index is 0.0424. The highest BCUT2D eigenvalue weighted by Gasteiger charge is 2.44. The van der Waals surface area contributed by atoms with Gasteiger partial charge in [-0.25, -0.2) is 4.79 Å². The lowest BCUT2D eigenvalue weighted by Crippen LogP contribution is -2.26. The van der Waals surface area contributed by atoms with Gasteiger partial charge in [0.25, 0.3) is 0 Å². The number of amides is 2. The fourth-order valence-electron chi connectivity index (χ4n) is 2.13. The molecule has 0 bridgehead atoms. The van der Waals surface area contributed by atoms with Gasteiger partial charge in [-0.3, -0.25) is 14.5 Å². The Bertz CT molecular complexity index is 584. The number of nitrogens with one attached hydrogen (secondary N) is 1. The summed E-state index contributed by atoms with van der Waals surface area (Å²) in [6.07, 6.45) is 1.74. The van der Waals surface area contributed by atoms with Crippen molar-refractivity contribution >= 4 is 29.5 Å². The Kier molecular flexibility index (Phi) is 3.09. The molecule has 106 valence electrons. The van der Waals surface area contributed by atoms with Crippen molar-refractivity contribution in [2.75, 3.05) is 18.1 Å². The standard InChI is InChI=1S/C9H7NO2.C5H8ClNO/c11-9-10(3-4-12-9)8-5-6-1-2-7(6)8;1-5(2-3-5)4(8)7-6/h1-2,5H,3-4H2;2-3H2,1H3,(H,7,8). The molecule has 0 aromatic carbocycles. The molecule has 0 spiro atoms. The molecule has 3 aliphatic carbocycles. The summed E-state index contributed by atoms with van der Waals surface area (Å²) in [5.74, 6) is -0.0424. The summed E-state index contributed by atoms with van der Waals surface area (Å²) >= 11 is 5.08. The van der Waals surface area contributed by atoms with Gasteiger partial charge < -0.3 is 4.74 Å². The van der Waals surface area contributed by atoms with Crippen molar-refractivity contribution < 1.29 is 14.3 Å². The number of fused-ring (bicyclic) bond motifs is 1. The third-order valence-electron chi connectivity index (χ3n) is 3.99. The van der Waals surface area contributed by atoms with Crippen molar-refractivity contribution in [1.29, 1.82) is 0 Å². The molecule has 6 heteroatoms. The van der Waals surface area contributed by atoms with E-state index < -0.39 is 0 Å². The van der Waals surface area contributed by atoms with Gasteiger partial charge in [-0.15, -0.1) is 0 Å². The fourth-order valence-corrected chi connectivity index (χ4v) is 2.36. The maximum Gasteiger partial charge on any atom is 0.414 e. The van der Waals surface area contributed by atoms with Crippen LogP contribution in [0.2, 0.25) is 0 Å². The molecule has 1 aliphatic heterocycles. The van der Waals surface area contributed by atoms with Crippen molar-refractivity contribution in [3.05, 3.63) is 18.2 Å². The second-order valence-electron chi connectivity index (χ2n) is 5.48. The van der Waals surface area contributed by atoms with Crippen LogP contribution >= 0.6 is 11.8 Å². The SMILES string of the molecule is CC1(C(=O)NCl)CC1.O=C1OCCN1c1cc2ccc1-2. The predicted octanol–water partition coefficient (Wildman–Crippen LogP) is 2.68. The number of nitrogens with zero attached hydrogens (tertiary/aromatic N) is 1. The fraction of sp³-hybridized carbons (Fsp3) is 0.429. The highest BCUT2D eigenvalue weighted by molar-refractivity contribution is 6.22. The van der Waals surface area contributed by atoms with Crippen molar-refractivity contribution in [2.24, 2.45) is 5.41 Å². The van der Waals surface area contributed by atoms with Crippen LogP contribution in [-0.2, 0) is 9.53 Å². The van der Waals surface area contributed by atoms with Crippen LogP contribution in [-0.4, -0.2) is 25.2 Å². The summed E-state index contributed by atoms with van der Waals surface area (Å²) in [6, 6.07) is 6.08. The molecule has 0 atom stereocenters. The highest BCUT2D eigenvalue weighted by Crippen LogP contribution is 2.45. The van der Waals surface area contributed by atoms with Crippen molar-refractivity contribution in [1.82, 2.24) is 4.84 Å². The van der Waals surface area contributed by atoms with Crippen LogP contribution < -0.4 is 9.74 Å². The van der Waals surface area contributed by atoms with E-state index in [9.17, 15) is 9.59 Å². The van der Waals surface area contributed by atoms with E-state index in [-0.39, 0.29) is 17.4 Å². The van der Waals surface area contributed by atoms with Crippen LogP contribution in [0.1, 0.15) is 19.8 Å². The maximum absolute atomic E-state index is 11.1. The number of rotatable bonds is 2. The molecule has 0 radical (unpaired) electrons. The number of hydrogen-bond donors (Lipinski definition) is 1. The number of anilines is 1. The molecule has 4 rings (SSSR count). The topological polar surface area (TPSA) is 58.6 Å². The van der Waals surface area contributed by atoms with Gasteiger partial charge in [0, 0.05) is 22.8 Å². The normalized spacial score (nSPS) is 19.7. The summed E-state index contributed by atoms with van der Waals surface area (Å²) in [5, 5.41) is 0. The Labute approximate surface area is 122 Å². The van der Waals surface area contributed by atoms with E-state index in [0.29, 0.717) is 13.2 Å². The number of hydrogen-bond acceptors (Lipinski definition) is 3. The molecule has 1 N–H and O–H groups in total. The van der Waals surface area contributed by atoms with Gasteiger partial charge in [-0.2, -0.15) is 0 Å². The second kappa shape index (κ2) is 4.66. The number of cyclic esters (lactones) is 1. The Balaban J connectivity index is 0.000000133. The van der Waals surface area contributed by atoms with Crippen molar-refractivity contribution in [3.8, 4) is 11.1 Å². The minimum atomic E-state index is -0.215. The number of halogens is 1. The monoisotopic (exact) mass is 294 g/mol. The summed E-state index contributed by atoms with van der Waals surface area (Å²) in [6.45, 7) is 3.11. The van der Waals surface area contributed by atoms with Crippen molar-refractivity contribution in [2.45, 2.75) is 19.8 Å². The van der Waals surface area contributed by atoms with Crippen LogP contribution in [0.3, 0.4) is 0 Å². The first kappa shape index (κ1) is 13.2. The van der Waals surface area contributed by atoms with Crippen LogP contribution in [0.25, 0.3) is 11.1 Å². The average molecular weight is 295 g/mol. The molecular formula is C14H15ClN2O3. The molecule has 0 unspecified atom stereocenters. The first-order valence-corrected chi connectivity index (χ1v) is 6.93. The largest absolute Gasteiger partial charge is 0.447 e. The number of benzene rings is 1. The summed E-state index contributed by atoms with van der Waals surface area (Å²) in [5.41, 5.74) is 3.36. The quantitative estimate of drug-likeness (QED) is 0.866.